The summed E-state index contributed by atoms with van der Waals surface area (Å²) in [4.78, 5) is 22.1. The molecule has 3 rings (SSSR count). The van der Waals surface area contributed by atoms with Crippen molar-refractivity contribution in [2.45, 2.75) is 51.2 Å². The monoisotopic (exact) mass is 533 g/mol. The Hall–Kier alpha value is -2.70. The van der Waals surface area contributed by atoms with Crippen LogP contribution in [-0.2, 0) is 16.6 Å². The quantitative estimate of drug-likeness (QED) is 0.253. The molecule has 36 heavy (non-hydrogen) atoms. The zero-order valence-electron chi connectivity index (χ0n) is 21.5. The van der Waals surface area contributed by atoms with Crippen LogP contribution in [0.15, 0.2) is 40.5 Å². The van der Waals surface area contributed by atoms with E-state index >= 15 is 0 Å². The van der Waals surface area contributed by atoms with Crippen molar-refractivity contribution in [2.24, 2.45) is 5.92 Å². The largest absolute Gasteiger partial charge is 0.369 e. The van der Waals surface area contributed by atoms with E-state index in [1.165, 1.54) is 28.6 Å². The van der Waals surface area contributed by atoms with Crippen LogP contribution in [0.5, 0.6) is 0 Å². The summed E-state index contributed by atoms with van der Waals surface area (Å²) >= 11 is 1.57. The smallest absolute Gasteiger partial charge is 0.251 e. The second-order valence-corrected chi connectivity index (χ2v) is 11.7. The molecule has 0 saturated heterocycles. The topological polar surface area (TPSA) is 122 Å². The van der Waals surface area contributed by atoms with Crippen LogP contribution in [0.1, 0.15) is 45.0 Å². The van der Waals surface area contributed by atoms with E-state index in [0.717, 1.165) is 23.5 Å². The molecular weight excluding hydrogens is 498 g/mol. The highest BCUT2D eigenvalue weighted by Crippen LogP contribution is 2.24. The van der Waals surface area contributed by atoms with Gasteiger partial charge < -0.3 is 10.6 Å². The van der Waals surface area contributed by atoms with Gasteiger partial charge in [-0.05, 0) is 35.9 Å². The lowest BCUT2D eigenvalue weighted by Gasteiger charge is -2.18. The van der Waals surface area contributed by atoms with Gasteiger partial charge >= 0.3 is 0 Å². The Bertz CT molecular complexity index is 1270. The molecule has 1 amide bonds. The third kappa shape index (κ3) is 6.54. The van der Waals surface area contributed by atoms with Gasteiger partial charge in [-0.15, -0.1) is 0 Å². The summed E-state index contributed by atoms with van der Waals surface area (Å²) < 4.78 is 28.4. The molecule has 3 aromatic rings. The van der Waals surface area contributed by atoms with Gasteiger partial charge in [0.15, 0.2) is 10.8 Å². The van der Waals surface area contributed by atoms with Crippen LogP contribution in [0.4, 0.5) is 5.82 Å². The molecule has 2 aromatic heterocycles. The van der Waals surface area contributed by atoms with Gasteiger partial charge in [-0.3, -0.25) is 4.79 Å². The number of aromatic nitrogens is 4. The van der Waals surface area contributed by atoms with Crippen molar-refractivity contribution in [1.82, 2.24) is 29.4 Å². The first-order valence-corrected chi connectivity index (χ1v) is 14.6. The summed E-state index contributed by atoms with van der Waals surface area (Å²) in [7, 11) is -3.56. The average Bonchev–Trinajstić information content (AvgIpc) is 3.26. The predicted octanol–water partition coefficient (Wildman–Crippen LogP) is 3.47. The number of anilines is 1. The van der Waals surface area contributed by atoms with Crippen molar-refractivity contribution in [3.8, 4) is 0 Å². The summed E-state index contributed by atoms with van der Waals surface area (Å²) in [6.45, 7) is 12.3. The van der Waals surface area contributed by atoms with Crippen molar-refractivity contribution in [3.05, 3.63) is 36.0 Å². The summed E-state index contributed by atoms with van der Waals surface area (Å²) in [5.41, 5.74) is 1.11. The number of nitrogens with zero attached hydrogens (tertiary/aromatic N) is 5. The Morgan fingerprint density at radius 3 is 2.42 bits per heavy atom. The number of hydrogen-bond donors (Lipinski definition) is 2. The molecule has 10 nitrogen and oxygen atoms in total. The van der Waals surface area contributed by atoms with Crippen molar-refractivity contribution < 1.29 is 13.2 Å². The molecule has 0 aliphatic rings. The average molecular weight is 534 g/mol. The van der Waals surface area contributed by atoms with E-state index in [9.17, 15) is 13.2 Å². The molecule has 0 saturated carbocycles. The number of nitrogens with one attached hydrogen (secondary N) is 2. The third-order valence-electron chi connectivity index (χ3n) is 5.50. The fourth-order valence-corrected chi connectivity index (χ4v) is 5.62. The van der Waals surface area contributed by atoms with Crippen molar-refractivity contribution in [1.29, 1.82) is 0 Å². The van der Waals surface area contributed by atoms with E-state index in [1.807, 2.05) is 0 Å². The molecular formula is C24H35N7O3S2. The number of sulfonamides is 1. The number of benzene rings is 1. The maximum atomic E-state index is 12.6. The van der Waals surface area contributed by atoms with Gasteiger partial charge in [-0.1, -0.05) is 46.4 Å². The second kappa shape index (κ2) is 12.5. The molecule has 1 aromatic carbocycles. The van der Waals surface area contributed by atoms with Crippen LogP contribution in [-0.4, -0.2) is 70.3 Å². The van der Waals surface area contributed by atoms with E-state index in [2.05, 4.69) is 46.5 Å². The van der Waals surface area contributed by atoms with Crippen molar-refractivity contribution in [3.63, 3.8) is 0 Å². The number of rotatable bonds is 13. The molecule has 0 radical (unpaired) electrons. The molecule has 0 spiro atoms. The number of fused-ring (bicyclic) bond motifs is 1. The minimum atomic E-state index is -3.56. The first kappa shape index (κ1) is 27.9. The van der Waals surface area contributed by atoms with Crippen LogP contribution in [0.25, 0.3) is 11.0 Å². The normalized spacial score (nSPS) is 12.0. The van der Waals surface area contributed by atoms with Gasteiger partial charge in [-0.25, -0.2) is 23.1 Å². The Balaban J connectivity index is 1.69. The zero-order chi connectivity index (χ0) is 26.3. The number of carbonyl (C=O) groups is 1. The Labute approximate surface area is 217 Å². The Morgan fingerprint density at radius 2 is 1.81 bits per heavy atom. The summed E-state index contributed by atoms with van der Waals surface area (Å²) in [5, 5.41) is 12.3. The Morgan fingerprint density at radius 1 is 1.11 bits per heavy atom. The molecule has 2 N–H and O–H groups in total. The van der Waals surface area contributed by atoms with Crippen molar-refractivity contribution >= 4 is 44.5 Å². The summed E-state index contributed by atoms with van der Waals surface area (Å²) in [6, 6.07) is 6.00. The highest BCUT2D eigenvalue weighted by atomic mass is 32.2. The first-order chi connectivity index (χ1) is 17.2. The van der Waals surface area contributed by atoms with Gasteiger partial charge in [0.05, 0.1) is 23.0 Å². The lowest BCUT2D eigenvalue weighted by molar-refractivity contribution is 0.0952. The zero-order valence-corrected chi connectivity index (χ0v) is 23.1. The van der Waals surface area contributed by atoms with Crippen LogP contribution >= 0.6 is 11.8 Å². The fourth-order valence-electron chi connectivity index (χ4n) is 3.60. The lowest BCUT2D eigenvalue weighted by atomic mass is 10.2. The van der Waals surface area contributed by atoms with E-state index in [-0.39, 0.29) is 10.8 Å². The number of hydrogen-bond acceptors (Lipinski definition) is 8. The molecule has 0 bridgehead atoms. The Kier molecular flexibility index (Phi) is 9.69. The van der Waals surface area contributed by atoms with E-state index in [4.69, 9.17) is 0 Å². The molecule has 0 aliphatic heterocycles. The van der Waals surface area contributed by atoms with Crippen LogP contribution in [0, 0.1) is 5.92 Å². The standard InChI is InChI=1S/C24H35N7O3S2/c1-6-30(7-2)36(33,34)19-11-9-18(10-12-19)23(32)25-13-14-31-22-20(16-27-31)21(26-15-17(4)5)28-24(29-22)35-8-3/h9-12,16-17H,6-8,13-15H2,1-5H3,(H,25,32)(H,26,28,29). The van der Waals surface area contributed by atoms with E-state index in [1.54, 1.807) is 36.5 Å². The predicted molar refractivity (Wildman–Crippen MR) is 144 cm³/mol. The maximum Gasteiger partial charge on any atom is 0.251 e. The summed E-state index contributed by atoms with van der Waals surface area (Å²) in [6.07, 6.45) is 1.75. The number of carbonyl (C=O) groups excluding carboxylic acids is 1. The third-order valence-corrected chi connectivity index (χ3v) is 8.29. The van der Waals surface area contributed by atoms with Gasteiger partial charge in [0.25, 0.3) is 5.91 Å². The minimum absolute atomic E-state index is 0.174. The molecule has 0 aliphatic carbocycles. The molecule has 0 fully saturated rings. The molecule has 2 heterocycles. The van der Waals surface area contributed by atoms with Gasteiger partial charge in [0, 0.05) is 31.7 Å². The SMILES string of the molecule is CCSc1nc(NCC(C)C)c2cnn(CCNC(=O)c3ccc(S(=O)(=O)N(CC)CC)cc3)c2n1. The van der Waals surface area contributed by atoms with E-state index in [0.29, 0.717) is 48.5 Å². The minimum Gasteiger partial charge on any atom is -0.369 e. The van der Waals surface area contributed by atoms with Gasteiger partial charge in [0.1, 0.15) is 5.82 Å². The molecule has 0 unspecified atom stereocenters. The highest BCUT2D eigenvalue weighted by molar-refractivity contribution is 7.99. The van der Waals surface area contributed by atoms with E-state index < -0.39 is 10.0 Å². The number of amides is 1. The van der Waals surface area contributed by atoms with Crippen LogP contribution in [0.3, 0.4) is 0 Å². The van der Waals surface area contributed by atoms with Crippen LogP contribution in [0.2, 0.25) is 0 Å². The van der Waals surface area contributed by atoms with Crippen LogP contribution < -0.4 is 10.6 Å². The summed E-state index contributed by atoms with van der Waals surface area (Å²) in [5.74, 6) is 1.80. The maximum absolute atomic E-state index is 12.6. The van der Waals surface area contributed by atoms with Gasteiger partial charge in [0.2, 0.25) is 10.0 Å². The highest BCUT2D eigenvalue weighted by Gasteiger charge is 2.21. The second-order valence-electron chi connectivity index (χ2n) is 8.54. The fraction of sp³-hybridized carbons (Fsp3) is 0.500. The first-order valence-electron chi connectivity index (χ1n) is 12.2. The molecule has 12 heteroatoms. The van der Waals surface area contributed by atoms with Gasteiger partial charge in [-0.2, -0.15) is 9.40 Å². The lowest BCUT2D eigenvalue weighted by Crippen LogP contribution is -2.31. The number of thioether (sulfide) groups is 1. The van der Waals surface area contributed by atoms with Crippen molar-refractivity contribution in [2.75, 3.05) is 37.2 Å². The molecule has 0 atom stereocenters. The molecule has 196 valence electrons.